The van der Waals surface area contributed by atoms with Gasteiger partial charge in [-0.3, -0.25) is 4.99 Å². The highest BCUT2D eigenvalue weighted by molar-refractivity contribution is 5.84. The van der Waals surface area contributed by atoms with E-state index in [0.717, 1.165) is 17.0 Å². The molecule has 0 unspecified atom stereocenters. The molecule has 120 valence electrons. The Bertz CT molecular complexity index is 717. The van der Waals surface area contributed by atoms with E-state index in [4.69, 9.17) is 23.7 Å². The molecule has 0 aliphatic carbocycles. The van der Waals surface area contributed by atoms with Crippen molar-refractivity contribution in [1.29, 1.82) is 0 Å². The highest BCUT2D eigenvalue weighted by Crippen LogP contribution is 2.38. The standard InChI is InChI=1S/C17H17NO5/c1-19-15-6-11(7-16(20-2)17(15)21-3)9-18-12-4-5-13-14(8-12)23-10-22-13/h4-9H,10H2,1-3H3. The van der Waals surface area contributed by atoms with Gasteiger partial charge in [-0.15, -0.1) is 0 Å². The second-order valence-corrected chi connectivity index (χ2v) is 4.75. The van der Waals surface area contributed by atoms with Crippen molar-refractivity contribution < 1.29 is 23.7 Å². The predicted octanol–water partition coefficient (Wildman–Crippen LogP) is 3.19. The lowest BCUT2D eigenvalue weighted by Crippen LogP contribution is -1.96. The zero-order valence-corrected chi connectivity index (χ0v) is 13.2. The van der Waals surface area contributed by atoms with Gasteiger partial charge in [-0.25, -0.2) is 0 Å². The van der Waals surface area contributed by atoms with Gasteiger partial charge in [0.25, 0.3) is 0 Å². The van der Waals surface area contributed by atoms with Crippen LogP contribution in [0.25, 0.3) is 0 Å². The largest absolute Gasteiger partial charge is 0.493 e. The van der Waals surface area contributed by atoms with E-state index in [9.17, 15) is 0 Å². The van der Waals surface area contributed by atoms with E-state index in [-0.39, 0.29) is 6.79 Å². The van der Waals surface area contributed by atoms with Crippen LogP contribution >= 0.6 is 0 Å². The Kier molecular flexibility index (Phi) is 4.23. The first kappa shape index (κ1) is 15.0. The molecule has 2 aromatic rings. The normalized spacial score (nSPS) is 12.5. The van der Waals surface area contributed by atoms with Crippen molar-refractivity contribution in [3.05, 3.63) is 35.9 Å². The van der Waals surface area contributed by atoms with Gasteiger partial charge >= 0.3 is 0 Å². The van der Waals surface area contributed by atoms with E-state index in [1.54, 1.807) is 27.5 Å². The van der Waals surface area contributed by atoms with Crippen LogP contribution in [0.2, 0.25) is 0 Å². The summed E-state index contributed by atoms with van der Waals surface area (Å²) in [5, 5.41) is 0. The molecular weight excluding hydrogens is 298 g/mol. The van der Waals surface area contributed by atoms with E-state index in [2.05, 4.69) is 4.99 Å². The molecule has 0 spiro atoms. The van der Waals surface area contributed by atoms with Gasteiger partial charge in [0, 0.05) is 17.8 Å². The Morgan fingerprint density at radius 3 is 2.26 bits per heavy atom. The van der Waals surface area contributed by atoms with Crippen molar-refractivity contribution in [2.75, 3.05) is 28.1 Å². The summed E-state index contributed by atoms with van der Waals surface area (Å²) < 4.78 is 26.6. The van der Waals surface area contributed by atoms with Crippen LogP contribution in [0.1, 0.15) is 5.56 Å². The summed E-state index contributed by atoms with van der Waals surface area (Å²) in [5.74, 6) is 3.15. The van der Waals surface area contributed by atoms with Gasteiger partial charge in [-0.05, 0) is 24.3 Å². The molecule has 1 aliphatic rings. The number of nitrogens with zero attached hydrogens (tertiary/aromatic N) is 1. The van der Waals surface area contributed by atoms with Crippen LogP contribution < -0.4 is 23.7 Å². The Balaban J connectivity index is 1.90. The molecule has 0 N–H and O–H groups in total. The van der Waals surface area contributed by atoms with Crippen molar-refractivity contribution in [2.24, 2.45) is 4.99 Å². The summed E-state index contributed by atoms with van der Waals surface area (Å²) in [5.41, 5.74) is 1.60. The fourth-order valence-electron chi connectivity index (χ4n) is 2.29. The Morgan fingerprint density at radius 2 is 1.61 bits per heavy atom. The highest BCUT2D eigenvalue weighted by Gasteiger charge is 2.14. The topological polar surface area (TPSA) is 58.5 Å². The van der Waals surface area contributed by atoms with Gasteiger partial charge in [0.1, 0.15) is 0 Å². The number of fused-ring (bicyclic) bond motifs is 1. The maximum atomic E-state index is 5.34. The Labute approximate surface area is 134 Å². The number of rotatable bonds is 5. The monoisotopic (exact) mass is 315 g/mol. The predicted molar refractivity (Wildman–Crippen MR) is 85.9 cm³/mol. The first-order valence-electron chi connectivity index (χ1n) is 6.99. The third-order valence-electron chi connectivity index (χ3n) is 3.41. The lowest BCUT2D eigenvalue weighted by molar-refractivity contribution is 0.174. The molecule has 0 bridgehead atoms. The average molecular weight is 315 g/mol. The molecule has 0 saturated heterocycles. The van der Waals surface area contributed by atoms with Crippen molar-refractivity contribution in [2.45, 2.75) is 0 Å². The van der Waals surface area contributed by atoms with E-state index in [1.165, 1.54) is 0 Å². The number of methoxy groups -OCH3 is 3. The van der Waals surface area contributed by atoms with Gasteiger partial charge in [-0.2, -0.15) is 0 Å². The number of hydrogen-bond acceptors (Lipinski definition) is 6. The van der Waals surface area contributed by atoms with E-state index < -0.39 is 0 Å². The molecule has 0 radical (unpaired) electrons. The molecule has 0 saturated carbocycles. The first-order chi connectivity index (χ1) is 11.2. The molecule has 6 nitrogen and oxygen atoms in total. The van der Waals surface area contributed by atoms with Gasteiger partial charge in [0.15, 0.2) is 23.0 Å². The van der Waals surface area contributed by atoms with Crippen LogP contribution in [0.5, 0.6) is 28.7 Å². The number of ether oxygens (including phenoxy) is 5. The van der Waals surface area contributed by atoms with Crippen LogP contribution in [0, 0.1) is 0 Å². The number of benzene rings is 2. The highest BCUT2D eigenvalue weighted by atomic mass is 16.7. The summed E-state index contributed by atoms with van der Waals surface area (Å²) >= 11 is 0. The molecule has 3 rings (SSSR count). The molecule has 0 atom stereocenters. The van der Waals surface area contributed by atoms with Gasteiger partial charge in [0.2, 0.25) is 12.5 Å². The van der Waals surface area contributed by atoms with Crippen LogP contribution in [-0.2, 0) is 0 Å². The second-order valence-electron chi connectivity index (χ2n) is 4.75. The van der Waals surface area contributed by atoms with Crippen molar-refractivity contribution >= 4 is 11.9 Å². The van der Waals surface area contributed by atoms with Crippen LogP contribution in [0.3, 0.4) is 0 Å². The summed E-state index contributed by atoms with van der Waals surface area (Å²) in [4.78, 5) is 4.45. The minimum Gasteiger partial charge on any atom is -0.493 e. The third-order valence-corrected chi connectivity index (χ3v) is 3.41. The molecule has 2 aromatic carbocycles. The molecule has 1 heterocycles. The van der Waals surface area contributed by atoms with E-state index >= 15 is 0 Å². The summed E-state index contributed by atoms with van der Waals surface area (Å²) in [7, 11) is 4.73. The second kappa shape index (κ2) is 6.48. The third kappa shape index (κ3) is 3.01. The molecule has 23 heavy (non-hydrogen) atoms. The molecule has 0 fully saturated rings. The number of aliphatic imine (C=N–C) groups is 1. The Morgan fingerprint density at radius 1 is 0.913 bits per heavy atom. The van der Waals surface area contributed by atoms with Gasteiger partial charge in [0.05, 0.1) is 27.0 Å². The van der Waals surface area contributed by atoms with Gasteiger partial charge in [-0.1, -0.05) is 0 Å². The molecule has 0 amide bonds. The average Bonchev–Trinajstić information content (AvgIpc) is 3.06. The maximum Gasteiger partial charge on any atom is 0.231 e. The summed E-state index contributed by atoms with van der Waals surface area (Å²) in [6, 6.07) is 9.19. The van der Waals surface area contributed by atoms with Crippen molar-refractivity contribution in [3.8, 4) is 28.7 Å². The molecule has 6 heteroatoms. The zero-order chi connectivity index (χ0) is 16.2. The maximum absolute atomic E-state index is 5.34. The van der Waals surface area contributed by atoms with Crippen LogP contribution in [-0.4, -0.2) is 34.3 Å². The number of hydrogen-bond donors (Lipinski definition) is 0. The molecule has 0 aromatic heterocycles. The van der Waals surface area contributed by atoms with Crippen LogP contribution in [0.15, 0.2) is 35.3 Å². The first-order valence-corrected chi connectivity index (χ1v) is 6.99. The minimum absolute atomic E-state index is 0.245. The summed E-state index contributed by atoms with van der Waals surface area (Å²) in [6.07, 6.45) is 1.72. The van der Waals surface area contributed by atoms with E-state index in [0.29, 0.717) is 23.0 Å². The fraction of sp³-hybridized carbons (Fsp3) is 0.235. The smallest absolute Gasteiger partial charge is 0.231 e. The fourth-order valence-corrected chi connectivity index (χ4v) is 2.29. The summed E-state index contributed by atoms with van der Waals surface area (Å²) in [6.45, 7) is 0.245. The van der Waals surface area contributed by atoms with Crippen molar-refractivity contribution in [3.63, 3.8) is 0 Å². The Hall–Kier alpha value is -2.89. The van der Waals surface area contributed by atoms with Crippen LogP contribution in [0.4, 0.5) is 5.69 Å². The minimum atomic E-state index is 0.245. The SMILES string of the molecule is COc1cc(C=Nc2ccc3c(c2)OCO3)cc(OC)c1OC. The lowest BCUT2D eigenvalue weighted by Gasteiger charge is -2.12. The van der Waals surface area contributed by atoms with Gasteiger partial charge < -0.3 is 23.7 Å². The van der Waals surface area contributed by atoms with Crippen molar-refractivity contribution in [1.82, 2.24) is 0 Å². The zero-order valence-electron chi connectivity index (χ0n) is 13.2. The van der Waals surface area contributed by atoms with E-state index in [1.807, 2.05) is 30.3 Å². The molecular formula is C17H17NO5. The molecule has 1 aliphatic heterocycles. The lowest BCUT2D eigenvalue weighted by atomic mass is 10.2. The quantitative estimate of drug-likeness (QED) is 0.793.